The van der Waals surface area contributed by atoms with Gasteiger partial charge >= 0.3 is 0 Å². The molecule has 0 spiro atoms. The highest BCUT2D eigenvalue weighted by Gasteiger charge is 2.02. The SMILES string of the molecule is COCCNC(C)Cc1ccc(Cl)cc1. The Morgan fingerprint density at radius 1 is 1.33 bits per heavy atom. The summed E-state index contributed by atoms with van der Waals surface area (Å²) in [6.45, 7) is 3.82. The number of ether oxygens (including phenoxy) is 1. The molecule has 1 atom stereocenters. The van der Waals surface area contributed by atoms with E-state index < -0.39 is 0 Å². The third kappa shape index (κ3) is 5.17. The molecule has 0 saturated heterocycles. The van der Waals surface area contributed by atoms with Crippen molar-refractivity contribution in [3.63, 3.8) is 0 Å². The van der Waals surface area contributed by atoms with Gasteiger partial charge in [-0.2, -0.15) is 0 Å². The Hall–Kier alpha value is -0.570. The van der Waals surface area contributed by atoms with Crippen molar-refractivity contribution in [1.29, 1.82) is 0 Å². The summed E-state index contributed by atoms with van der Waals surface area (Å²) >= 11 is 5.82. The third-order valence-corrected chi connectivity index (χ3v) is 2.51. The third-order valence-electron chi connectivity index (χ3n) is 2.25. The molecule has 84 valence electrons. The van der Waals surface area contributed by atoms with Gasteiger partial charge in [0.2, 0.25) is 0 Å². The van der Waals surface area contributed by atoms with Gasteiger partial charge in [-0.1, -0.05) is 23.7 Å². The van der Waals surface area contributed by atoms with E-state index in [2.05, 4.69) is 24.4 Å². The molecule has 2 nitrogen and oxygen atoms in total. The van der Waals surface area contributed by atoms with Crippen LogP contribution in [-0.4, -0.2) is 26.3 Å². The Morgan fingerprint density at radius 2 is 2.00 bits per heavy atom. The second-order valence-corrected chi connectivity index (χ2v) is 4.11. The average Bonchev–Trinajstić information content (AvgIpc) is 2.22. The van der Waals surface area contributed by atoms with Crippen LogP contribution in [0.3, 0.4) is 0 Å². The molecule has 0 aliphatic rings. The summed E-state index contributed by atoms with van der Waals surface area (Å²) in [6.07, 6.45) is 1.01. The summed E-state index contributed by atoms with van der Waals surface area (Å²) in [7, 11) is 1.71. The fourth-order valence-corrected chi connectivity index (χ4v) is 1.58. The second kappa shape index (κ2) is 6.83. The fourth-order valence-electron chi connectivity index (χ4n) is 1.45. The smallest absolute Gasteiger partial charge is 0.0587 e. The molecule has 3 heteroatoms. The highest BCUT2D eigenvalue weighted by molar-refractivity contribution is 6.30. The molecule has 1 unspecified atom stereocenters. The van der Waals surface area contributed by atoms with Crippen molar-refractivity contribution in [1.82, 2.24) is 5.32 Å². The zero-order chi connectivity index (χ0) is 11.1. The van der Waals surface area contributed by atoms with Gasteiger partial charge in [0.05, 0.1) is 6.61 Å². The minimum Gasteiger partial charge on any atom is -0.383 e. The van der Waals surface area contributed by atoms with Gasteiger partial charge in [-0.3, -0.25) is 0 Å². The molecule has 1 rings (SSSR count). The first-order valence-electron chi connectivity index (χ1n) is 5.19. The van der Waals surface area contributed by atoms with Crippen LogP contribution in [0.15, 0.2) is 24.3 Å². The second-order valence-electron chi connectivity index (χ2n) is 3.68. The summed E-state index contributed by atoms with van der Waals surface area (Å²) in [5.41, 5.74) is 1.30. The van der Waals surface area contributed by atoms with E-state index in [9.17, 15) is 0 Å². The van der Waals surface area contributed by atoms with Gasteiger partial charge in [-0.15, -0.1) is 0 Å². The van der Waals surface area contributed by atoms with E-state index in [4.69, 9.17) is 16.3 Å². The minimum atomic E-state index is 0.460. The molecule has 0 bridgehead atoms. The van der Waals surface area contributed by atoms with Crippen molar-refractivity contribution in [2.24, 2.45) is 0 Å². The van der Waals surface area contributed by atoms with Crippen molar-refractivity contribution in [2.45, 2.75) is 19.4 Å². The molecule has 0 aliphatic heterocycles. The molecular formula is C12H18ClNO. The van der Waals surface area contributed by atoms with E-state index in [0.29, 0.717) is 6.04 Å². The number of nitrogens with one attached hydrogen (secondary N) is 1. The first-order valence-corrected chi connectivity index (χ1v) is 5.57. The summed E-state index contributed by atoms with van der Waals surface area (Å²) in [4.78, 5) is 0. The van der Waals surface area contributed by atoms with Gasteiger partial charge in [0.25, 0.3) is 0 Å². The summed E-state index contributed by atoms with van der Waals surface area (Å²) < 4.78 is 4.98. The van der Waals surface area contributed by atoms with Gasteiger partial charge in [-0.05, 0) is 31.0 Å². The fraction of sp³-hybridized carbons (Fsp3) is 0.500. The topological polar surface area (TPSA) is 21.3 Å². The van der Waals surface area contributed by atoms with E-state index in [-0.39, 0.29) is 0 Å². The molecule has 0 heterocycles. The van der Waals surface area contributed by atoms with Crippen molar-refractivity contribution < 1.29 is 4.74 Å². The maximum absolute atomic E-state index is 5.82. The van der Waals surface area contributed by atoms with Crippen molar-refractivity contribution in [3.05, 3.63) is 34.9 Å². The number of hydrogen-bond donors (Lipinski definition) is 1. The maximum atomic E-state index is 5.82. The number of rotatable bonds is 6. The van der Waals surface area contributed by atoms with Crippen LogP contribution in [-0.2, 0) is 11.2 Å². The van der Waals surface area contributed by atoms with Crippen LogP contribution < -0.4 is 5.32 Å². The molecule has 1 aromatic carbocycles. The molecule has 0 saturated carbocycles. The lowest BCUT2D eigenvalue weighted by atomic mass is 10.1. The number of benzene rings is 1. The summed E-state index contributed by atoms with van der Waals surface area (Å²) in [5, 5.41) is 4.18. The minimum absolute atomic E-state index is 0.460. The van der Waals surface area contributed by atoms with Crippen molar-refractivity contribution in [3.8, 4) is 0 Å². The molecule has 1 N–H and O–H groups in total. The van der Waals surface area contributed by atoms with Crippen LogP contribution in [0.1, 0.15) is 12.5 Å². The Morgan fingerprint density at radius 3 is 2.60 bits per heavy atom. The predicted molar refractivity (Wildman–Crippen MR) is 64.5 cm³/mol. The van der Waals surface area contributed by atoms with Gasteiger partial charge in [0.15, 0.2) is 0 Å². The molecule has 0 aromatic heterocycles. The zero-order valence-corrected chi connectivity index (χ0v) is 10.1. The summed E-state index contributed by atoms with van der Waals surface area (Å²) in [6, 6.07) is 8.45. The quantitative estimate of drug-likeness (QED) is 0.755. The molecule has 0 radical (unpaired) electrons. The van der Waals surface area contributed by atoms with Crippen molar-refractivity contribution >= 4 is 11.6 Å². The molecule has 1 aromatic rings. The van der Waals surface area contributed by atoms with Crippen LogP contribution >= 0.6 is 11.6 Å². The molecular weight excluding hydrogens is 210 g/mol. The van der Waals surface area contributed by atoms with Gasteiger partial charge < -0.3 is 10.1 Å². The van der Waals surface area contributed by atoms with Crippen LogP contribution in [0, 0.1) is 0 Å². The Balaban J connectivity index is 2.31. The molecule has 0 amide bonds. The first kappa shape index (κ1) is 12.5. The highest BCUT2D eigenvalue weighted by Crippen LogP contribution is 2.10. The Bertz CT molecular complexity index is 273. The number of hydrogen-bond acceptors (Lipinski definition) is 2. The standard InChI is InChI=1S/C12H18ClNO/c1-10(14-7-8-15-2)9-11-3-5-12(13)6-4-11/h3-6,10,14H,7-9H2,1-2H3. The van der Waals surface area contributed by atoms with Crippen LogP contribution in [0.5, 0.6) is 0 Å². The highest BCUT2D eigenvalue weighted by atomic mass is 35.5. The van der Waals surface area contributed by atoms with Gasteiger partial charge in [0, 0.05) is 24.7 Å². The van der Waals surface area contributed by atoms with E-state index in [1.165, 1.54) is 5.56 Å². The van der Waals surface area contributed by atoms with Gasteiger partial charge in [-0.25, -0.2) is 0 Å². The monoisotopic (exact) mass is 227 g/mol. The lowest BCUT2D eigenvalue weighted by Crippen LogP contribution is -2.30. The lowest BCUT2D eigenvalue weighted by molar-refractivity contribution is 0.196. The Kier molecular flexibility index (Phi) is 5.69. The van der Waals surface area contributed by atoms with E-state index >= 15 is 0 Å². The zero-order valence-electron chi connectivity index (χ0n) is 9.29. The van der Waals surface area contributed by atoms with E-state index in [0.717, 1.165) is 24.6 Å². The summed E-state index contributed by atoms with van der Waals surface area (Å²) in [5.74, 6) is 0. The van der Waals surface area contributed by atoms with E-state index in [1.54, 1.807) is 7.11 Å². The number of methoxy groups -OCH3 is 1. The predicted octanol–water partition coefficient (Wildman–Crippen LogP) is 2.51. The average molecular weight is 228 g/mol. The van der Waals surface area contributed by atoms with Crippen LogP contribution in [0.4, 0.5) is 0 Å². The van der Waals surface area contributed by atoms with Crippen LogP contribution in [0.2, 0.25) is 5.02 Å². The lowest BCUT2D eigenvalue weighted by Gasteiger charge is -2.13. The molecule has 0 aliphatic carbocycles. The van der Waals surface area contributed by atoms with E-state index in [1.807, 2.05) is 12.1 Å². The first-order chi connectivity index (χ1) is 7.22. The molecule has 0 fully saturated rings. The Labute approximate surface area is 96.6 Å². The molecule has 15 heavy (non-hydrogen) atoms. The van der Waals surface area contributed by atoms with Gasteiger partial charge in [0.1, 0.15) is 0 Å². The van der Waals surface area contributed by atoms with Crippen molar-refractivity contribution in [2.75, 3.05) is 20.3 Å². The van der Waals surface area contributed by atoms with Crippen LogP contribution in [0.25, 0.3) is 0 Å². The maximum Gasteiger partial charge on any atom is 0.0587 e. The normalized spacial score (nSPS) is 12.7. The number of halogens is 1. The largest absolute Gasteiger partial charge is 0.383 e.